The topological polar surface area (TPSA) is 185 Å². The lowest BCUT2D eigenvalue weighted by Crippen LogP contribution is -2.57. The minimum absolute atomic E-state index is 0.0629. The highest BCUT2D eigenvalue weighted by Gasteiger charge is 2.40. The molecule has 0 spiro atoms. The fourth-order valence-corrected chi connectivity index (χ4v) is 6.60. The van der Waals surface area contributed by atoms with Gasteiger partial charge in [0.05, 0.1) is 12.1 Å². The fourth-order valence-electron chi connectivity index (χ4n) is 6.60. The molecule has 0 saturated carbocycles. The Morgan fingerprint density at radius 2 is 1.37 bits per heavy atom. The van der Waals surface area contributed by atoms with Gasteiger partial charge >= 0.3 is 5.97 Å². The van der Waals surface area contributed by atoms with Crippen molar-refractivity contribution >= 4 is 29.4 Å². The molecule has 1 fully saturated rings. The first-order valence-corrected chi connectivity index (χ1v) is 18.4. The van der Waals surface area contributed by atoms with Gasteiger partial charge < -0.3 is 32.1 Å². The molecule has 0 aromatic heterocycles. The standard InChI is InChI=1S/C40H59N5O6/c1-27(2)22-34(36(47)25-31(16-11-19-43-28(3)4)38(49)45-20-17-40(42,18-21-45)39(50)51)44-37(48)32(23-29-12-7-5-8-13-29)26-35(46)33(41)24-30-14-9-6-10-15-30/h5-10,12-15,27-28,31-34,43H,11,16-26,41-42H2,1-4H3,(H,44,48)(H,50,51)/t31-,32-,33+,34+/m0/s1. The monoisotopic (exact) mass is 705 g/mol. The van der Waals surface area contributed by atoms with Gasteiger partial charge in [-0.3, -0.25) is 24.0 Å². The zero-order valence-corrected chi connectivity index (χ0v) is 30.8. The van der Waals surface area contributed by atoms with Crippen LogP contribution in [0.5, 0.6) is 0 Å². The van der Waals surface area contributed by atoms with E-state index in [1.165, 1.54) is 0 Å². The Kier molecular flexibility index (Phi) is 16.4. The molecular formula is C40H59N5O6. The van der Waals surface area contributed by atoms with Crippen LogP contribution in [-0.2, 0) is 36.8 Å². The van der Waals surface area contributed by atoms with Crippen molar-refractivity contribution in [3.05, 3.63) is 71.8 Å². The number of hydrogen-bond donors (Lipinski definition) is 5. The van der Waals surface area contributed by atoms with Crippen LogP contribution >= 0.6 is 0 Å². The smallest absolute Gasteiger partial charge is 0.323 e. The number of rotatable bonds is 21. The lowest BCUT2D eigenvalue weighted by atomic mass is 9.86. The summed E-state index contributed by atoms with van der Waals surface area (Å²) < 4.78 is 0. The van der Waals surface area contributed by atoms with Crippen LogP contribution in [-0.4, -0.2) is 82.7 Å². The number of carbonyl (C=O) groups excluding carboxylic acids is 4. The third-order valence-corrected chi connectivity index (χ3v) is 9.74. The van der Waals surface area contributed by atoms with Crippen LogP contribution in [0.25, 0.3) is 0 Å². The molecule has 2 aromatic rings. The van der Waals surface area contributed by atoms with E-state index in [-0.39, 0.29) is 68.2 Å². The summed E-state index contributed by atoms with van der Waals surface area (Å²) in [6.45, 7) is 9.08. The Hall–Kier alpha value is -3.93. The summed E-state index contributed by atoms with van der Waals surface area (Å²) in [5.41, 5.74) is 12.8. The highest BCUT2D eigenvalue weighted by atomic mass is 16.4. The van der Waals surface area contributed by atoms with E-state index < -0.39 is 41.3 Å². The number of hydrogen-bond acceptors (Lipinski definition) is 8. The van der Waals surface area contributed by atoms with Crippen molar-refractivity contribution in [2.75, 3.05) is 19.6 Å². The van der Waals surface area contributed by atoms with Gasteiger partial charge in [0.2, 0.25) is 11.8 Å². The van der Waals surface area contributed by atoms with Crippen molar-refractivity contribution in [1.82, 2.24) is 15.5 Å². The van der Waals surface area contributed by atoms with Crippen LogP contribution in [0.1, 0.15) is 83.8 Å². The number of carboxylic acid groups (broad SMARTS) is 1. The Balaban J connectivity index is 1.78. The van der Waals surface area contributed by atoms with Gasteiger partial charge in [0.1, 0.15) is 5.54 Å². The molecule has 0 bridgehead atoms. The molecule has 2 aromatic carbocycles. The van der Waals surface area contributed by atoms with Crippen LogP contribution in [0.2, 0.25) is 0 Å². The Morgan fingerprint density at radius 3 is 1.90 bits per heavy atom. The molecule has 3 rings (SSSR count). The third-order valence-electron chi connectivity index (χ3n) is 9.74. The van der Waals surface area contributed by atoms with E-state index >= 15 is 0 Å². The van der Waals surface area contributed by atoms with Crippen molar-refractivity contribution < 1.29 is 29.1 Å². The molecule has 0 aliphatic carbocycles. The van der Waals surface area contributed by atoms with Gasteiger partial charge in [0.15, 0.2) is 11.6 Å². The second kappa shape index (κ2) is 20.2. The van der Waals surface area contributed by atoms with Crippen LogP contribution in [0.3, 0.4) is 0 Å². The molecular weight excluding hydrogens is 646 g/mol. The molecule has 280 valence electrons. The quantitative estimate of drug-likeness (QED) is 0.121. The summed E-state index contributed by atoms with van der Waals surface area (Å²) in [6, 6.07) is 17.6. The number of nitrogens with one attached hydrogen (secondary N) is 2. The highest BCUT2D eigenvalue weighted by Crippen LogP contribution is 2.25. The third kappa shape index (κ3) is 13.6. The summed E-state index contributed by atoms with van der Waals surface area (Å²) >= 11 is 0. The maximum atomic E-state index is 14.1. The number of piperidine rings is 1. The number of benzene rings is 2. The van der Waals surface area contributed by atoms with Gasteiger partial charge in [-0.1, -0.05) is 88.4 Å². The normalized spacial score (nSPS) is 16.7. The summed E-state index contributed by atoms with van der Waals surface area (Å²) in [6.07, 6.45) is 2.28. The van der Waals surface area contributed by atoms with Crippen LogP contribution < -0.4 is 22.1 Å². The minimum Gasteiger partial charge on any atom is -0.480 e. The van der Waals surface area contributed by atoms with E-state index in [0.717, 1.165) is 11.1 Å². The molecule has 1 aliphatic heterocycles. The predicted octanol–water partition coefficient (Wildman–Crippen LogP) is 3.66. The van der Waals surface area contributed by atoms with Crippen molar-refractivity contribution in [2.45, 2.75) is 109 Å². The second-order valence-corrected chi connectivity index (χ2v) is 14.9. The van der Waals surface area contributed by atoms with Crippen molar-refractivity contribution in [1.29, 1.82) is 0 Å². The zero-order chi connectivity index (χ0) is 37.6. The Bertz CT molecular complexity index is 1430. The van der Waals surface area contributed by atoms with Gasteiger partial charge in [-0.2, -0.15) is 0 Å². The number of carboxylic acids is 1. The maximum Gasteiger partial charge on any atom is 0.323 e. The molecule has 1 heterocycles. The first-order chi connectivity index (χ1) is 24.2. The van der Waals surface area contributed by atoms with E-state index in [1.54, 1.807) is 4.90 Å². The Morgan fingerprint density at radius 1 is 0.824 bits per heavy atom. The highest BCUT2D eigenvalue weighted by molar-refractivity contribution is 5.95. The molecule has 4 atom stereocenters. The molecule has 0 radical (unpaired) electrons. The van der Waals surface area contributed by atoms with Crippen LogP contribution in [0.4, 0.5) is 0 Å². The number of amides is 2. The van der Waals surface area contributed by atoms with Gasteiger partial charge in [0, 0.05) is 43.8 Å². The average molecular weight is 706 g/mol. The minimum atomic E-state index is -1.38. The van der Waals surface area contributed by atoms with Gasteiger partial charge in [0.25, 0.3) is 0 Å². The van der Waals surface area contributed by atoms with E-state index in [9.17, 15) is 29.1 Å². The van der Waals surface area contributed by atoms with E-state index in [1.807, 2.05) is 88.4 Å². The predicted molar refractivity (Wildman–Crippen MR) is 199 cm³/mol. The molecule has 51 heavy (non-hydrogen) atoms. The van der Waals surface area contributed by atoms with Gasteiger partial charge in [-0.15, -0.1) is 0 Å². The molecule has 1 aliphatic rings. The molecule has 7 N–H and O–H groups in total. The second-order valence-electron chi connectivity index (χ2n) is 14.9. The average Bonchev–Trinajstić information content (AvgIpc) is 3.09. The van der Waals surface area contributed by atoms with E-state index in [0.29, 0.717) is 38.6 Å². The summed E-state index contributed by atoms with van der Waals surface area (Å²) in [5.74, 6) is -3.47. The number of likely N-dealkylation sites (tertiary alicyclic amines) is 1. The van der Waals surface area contributed by atoms with Crippen LogP contribution in [0, 0.1) is 17.8 Å². The zero-order valence-electron chi connectivity index (χ0n) is 30.8. The number of carbonyl (C=O) groups is 5. The number of nitrogens with zero attached hydrogens (tertiary/aromatic N) is 1. The largest absolute Gasteiger partial charge is 0.480 e. The summed E-state index contributed by atoms with van der Waals surface area (Å²) in [5, 5.41) is 15.9. The summed E-state index contributed by atoms with van der Waals surface area (Å²) in [7, 11) is 0. The van der Waals surface area contributed by atoms with E-state index in [2.05, 4.69) is 10.6 Å². The van der Waals surface area contributed by atoms with Crippen molar-refractivity contribution in [3.63, 3.8) is 0 Å². The van der Waals surface area contributed by atoms with Crippen LogP contribution in [0.15, 0.2) is 60.7 Å². The van der Waals surface area contributed by atoms with Crippen molar-refractivity contribution in [3.8, 4) is 0 Å². The van der Waals surface area contributed by atoms with Gasteiger partial charge in [-0.05, 0) is 68.5 Å². The fraction of sp³-hybridized carbons (Fsp3) is 0.575. The maximum absolute atomic E-state index is 14.1. The lowest BCUT2D eigenvalue weighted by Gasteiger charge is -2.38. The first-order valence-electron chi connectivity index (χ1n) is 18.4. The van der Waals surface area contributed by atoms with E-state index in [4.69, 9.17) is 11.5 Å². The molecule has 11 heteroatoms. The summed E-state index contributed by atoms with van der Waals surface area (Å²) in [4.78, 5) is 68.7. The van der Waals surface area contributed by atoms with Gasteiger partial charge in [-0.25, -0.2) is 0 Å². The molecule has 2 amide bonds. The molecule has 0 unspecified atom stereocenters. The Labute approximate surface area is 303 Å². The first kappa shape index (κ1) is 41.5. The number of ketones is 2. The number of Topliss-reactive ketones (excluding diaryl/α,β-unsaturated/α-hetero) is 2. The lowest BCUT2D eigenvalue weighted by molar-refractivity contribution is -0.149. The number of aliphatic carboxylic acids is 1. The number of nitrogens with two attached hydrogens (primary N) is 2. The molecule has 1 saturated heterocycles. The SMILES string of the molecule is CC(C)C[C@@H](NC(=O)[C@H](CC(=O)[C@H](N)Cc1ccccc1)Cc1ccccc1)C(=O)C[C@H](CCCNC(C)C)C(=O)N1CCC(N)(C(=O)O)CC1. The van der Waals surface area contributed by atoms with Crippen molar-refractivity contribution in [2.24, 2.45) is 29.2 Å². The molecule has 11 nitrogen and oxygen atoms in total.